The van der Waals surface area contributed by atoms with Crippen molar-refractivity contribution in [3.05, 3.63) is 59.9 Å². The number of fused-ring (bicyclic) bond motifs is 1. The van der Waals surface area contributed by atoms with Crippen LogP contribution >= 0.6 is 0 Å². The molecule has 8 nitrogen and oxygen atoms in total. The minimum absolute atomic E-state index is 0.0547. The van der Waals surface area contributed by atoms with Gasteiger partial charge in [-0.3, -0.25) is 14.3 Å². The smallest absolute Gasteiger partial charge is 0.130 e. The molecular weight excluding hydrogens is 438 g/mol. The van der Waals surface area contributed by atoms with E-state index in [2.05, 4.69) is 33.1 Å². The molecule has 2 atom stereocenters. The standard InChI is InChI=1S/C24H25N5O3S/c1-15-12-25-23(20-7-8-26-28-20)24-22(15)19(18-6-4-3-5-17(18)14-33(30)31)11-21(27-24)29-9-10-32-13-16(29)2/h3-8,11-12,16H,9-10,13-14H2,1-2H3,(H,26,28)(H,30,31)/p-1/t16-/m1/s1. The number of rotatable bonds is 5. The molecule has 1 fully saturated rings. The van der Waals surface area contributed by atoms with E-state index in [4.69, 9.17) is 9.72 Å². The fourth-order valence-corrected chi connectivity index (χ4v) is 4.94. The predicted molar refractivity (Wildman–Crippen MR) is 128 cm³/mol. The van der Waals surface area contributed by atoms with Gasteiger partial charge in [0.25, 0.3) is 0 Å². The SMILES string of the molecule is Cc1cnc(-c2ccn[nH]2)c2nc(N3CCOC[C@H]3C)cc(-c3ccccc3CS(=O)[O-])c12. The lowest BCUT2D eigenvalue weighted by Crippen LogP contribution is -2.44. The average Bonchev–Trinajstić information content (AvgIpc) is 3.34. The van der Waals surface area contributed by atoms with Crippen LogP contribution in [0.1, 0.15) is 18.1 Å². The van der Waals surface area contributed by atoms with Gasteiger partial charge >= 0.3 is 0 Å². The first-order valence-electron chi connectivity index (χ1n) is 10.8. The third-order valence-electron chi connectivity index (χ3n) is 6.01. The van der Waals surface area contributed by atoms with E-state index in [9.17, 15) is 8.76 Å². The van der Waals surface area contributed by atoms with E-state index < -0.39 is 11.1 Å². The van der Waals surface area contributed by atoms with E-state index in [0.29, 0.717) is 18.9 Å². The van der Waals surface area contributed by atoms with E-state index in [1.165, 1.54) is 0 Å². The van der Waals surface area contributed by atoms with Crippen molar-refractivity contribution in [1.82, 2.24) is 20.2 Å². The van der Waals surface area contributed by atoms with Crippen molar-refractivity contribution in [1.29, 1.82) is 0 Å². The lowest BCUT2D eigenvalue weighted by molar-refractivity contribution is 0.0986. The van der Waals surface area contributed by atoms with Gasteiger partial charge in [0.05, 0.1) is 24.9 Å². The van der Waals surface area contributed by atoms with Crippen LogP contribution in [0.25, 0.3) is 33.4 Å². The van der Waals surface area contributed by atoms with Gasteiger partial charge in [-0.05, 0) is 48.2 Å². The topological polar surface area (TPSA) is 107 Å². The number of hydrogen-bond donors (Lipinski definition) is 1. The minimum Gasteiger partial charge on any atom is -0.772 e. The summed E-state index contributed by atoms with van der Waals surface area (Å²) in [5.41, 5.74) is 5.77. The number of morpholine rings is 1. The third-order valence-corrected chi connectivity index (χ3v) is 6.56. The number of benzene rings is 1. The molecule has 0 saturated carbocycles. The summed E-state index contributed by atoms with van der Waals surface area (Å²) in [5, 5.41) is 8.04. The number of H-pyrrole nitrogens is 1. The molecule has 4 aromatic rings. The Balaban J connectivity index is 1.83. The molecule has 5 rings (SSSR count). The molecule has 33 heavy (non-hydrogen) atoms. The summed E-state index contributed by atoms with van der Waals surface area (Å²) in [7, 11) is 0. The number of hydrogen-bond acceptors (Lipinski definition) is 7. The van der Waals surface area contributed by atoms with Crippen molar-refractivity contribution < 1.29 is 13.5 Å². The van der Waals surface area contributed by atoms with Gasteiger partial charge in [-0.2, -0.15) is 5.10 Å². The molecule has 4 heterocycles. The zero-order chi connectivity index (χ0) is 22.9. The number of aryl methyl sites for hydroxylation is 1. The van der Waals surface area contributed by atoms with Crippen molar-refractivity contribution in [2.45, 2.75) is 25.6 Å². The largest absolute Gasteiger partial charge is 0.772 e. The normalized spacial score (nSPS) is 17.4. The number of aromatic nitrogens is 4. The van der Waals surface area contributed by atoms with Gasteiger partial charge in [0, 0.05) is 30.1 Å². The highest BCUT2D eigenvalue weighted by Gasteiger charge is 2.24. The fourth-order valence-electron chi connectivity index (χ4n) is 4.44. The second-order valence-corrected chi connectivity index (χ2v) is 9.13. The molecule has 1 N–H and O–H groups in total. The monoisotopic (exact) mass is 462 g/mol. The summed E-state index contributed by atoms with van der Waals surface area (Å²) in [6.45, 7) is 6.10. The maximum Gasteiger partial charge on any atom is 0.130 e. The second-order valence-electron chi connectivity index (χ2n) is 8.23. The summed E-state index contributed by atoms with van der Waals surface area (Å²) in [4.78, 5) is 12.0. The molecule has 1 saturated heterocycles. The van der Waals surface area contributed by atoms with Crippen molar-refractivity contribution in [3.63, 3.8) is 0 Å². The number of anilines is 1. The zero-order valence-electron chi connectivity index (χ0n) is 18.4. The minimum atomic E-state index is -2.20. The molecule has 0 spiro atoms. The number of pyridine rings is 2. The van der Waals surface area contributed by atoms with E-state index in [1.807, 2.05) is 43.5 Å². The molecule has 3 aromatic heterocycles. The molecule has 1 unspecified atom stereocenters. The molecular formula is C24H24N5O3S-. The second kappa shape index (κ2) is 9.01. The number of nitrogens with one attached hydrogen (secondary N) is 1. The van der Waals surface area contributed by atoms with Gasteiger partial charge in [0.1, 0.15) is 17.0 Å². The van der Waals surface area contributed by atoms with Crippen LogP contribution in [0.4, 0.5) is 5.82 Å². The molecule has 1 aliphatic heterocycles. The van der Waals surface area contributed by atoms with Crippen LogP contribution in [0, 0.1) is 6.92 Å². The lowest BCUT2D eigenvalue weighted by atomic mass is 9.94. The van der Waals surface area contributed by atoms with Gasteiger partial charge in [-0.25, -0.2) is 4.98 Å². The number of aromatic amines is 1. The van der Waals surface area contributed by atoms with Crippen LogP contribution in [0.15, 0.2) is 48.8 Å². The zero-order valence-corrected chi connectivity index (χ0v) is 19.3. The molecule has 9 heteroatoms. The van der Waals surface area contributed by atoms with Crippen LogP contribution in [0.2, 0.25) is 0 Å². The fraction of sp³-hybridized carbons (Fsp3) is 0.292. The predicted octanol–water partition coefficient (Wildman–Crippen LogP) is 3.60. The van der Waals surface area contributed by atoms with Crippen LogP contribution in [-0.4, -0.2) is 54.7 Å². The first-order chi connectivity index (χ1) is 16.0. The van der Waals surface area contributed by atoms with E-state index >= 15 is 0 Å². The third kappa shape index (κ3) is 4.15. The first-order valence-corrected chi connectivity index (χ1v) is 12.1. The van der Waals surface area contributed by atoms with Crippen molar-refractivity contribution in [2.75, 3.05) is 24.7 Å². The van der Waals surface area contributed by atoms with E-state index in [0.717, 1.165) is 51.2 Å². The Hall–Kier alpha value is -3.14. The highest BCUT2D eigenvalue weighted by molar-refractivity contribution is 7.78. The summed E-state index contributed by atoms with van der Waals surface area (Å²) >= 11 is -2.20. The van der Waals surface area contributed by atoms with Crippen LogP contribution in [0.5, 0.6) is 0 Å². The van der Waals surface area contributed by atoms with E-state index in [-0.39, 0.29) is 11.8 Å². The average molecular weight is 463 g/mol. The Bertz CT molecular complexity index is 1330. The van der Waals surface area contributed by atoms with E-state index in [1.54, 1.807) is 6.20 Å². The molecule has 0 aliphatic carbocycles. The van der Waals surface area contributed by atoms with Gasteiger partial charge in [-0.1, -0.05) is 35.3 Å². The summed E-state index contributed by atoms with van der Waals surface area (Å²) < 4.78 is 28.8. The maximum absolute atomic E-state index is 11.6. The first kappa shape index (κ1) is 21.7. The van der Waals surface area contributed by atoms with Crippen molar-refractivity contribution >= 4 is 27.8 Å². The molecule has 170 valence electrons. The van der Waals surface area contributed by atoms with Gasteiger partial charge in [-0.15, -0.1) is 0 Å². The van der Waals surface area contributed by atoms with Crippen LogP contribution in [-0.2, 0) is 21.6 Å². The van der Waals surface area contributed by atoms with Gasteiger partial charge in [0.2, 0.25) is 0 Å². The summed E-state index contributed by atoms with van der Waals surface area (Å²) in [5.74, 6) is 0.764. The Morgan fingerprint density at radius 2 is 2.12 bits per heavy atom. The Morgan fingerprint density at radius 1 is 1.27 bits per heavy atom. The molecule has 0 radical (unpaired) electrons. The number of nitrogens with zero attached hydrogens (tertiary/aromatic N) is 4. The molecule has 1 aliphatic rings. The Kier molecular flexibility index (Phi) is 5.92. The van der Waals surface area contributed by atoms with Crippen LogP contribution < -0.4 is 4.90 Å². The highest BCUT2D eigenvalue weighted by Crippen LogP contribution is 2.38. The quantitative estimate of drug-likeness (QED) is 0.452. The van der Waals surface area contributed by atoms with Crippen LogP contribution in [0.3, 0.4) is 0 Å². The Morgan fingerprint density at radius 3 is 2.88 bits per heavy atom. The Labute approximate surface area is 194 Å². The molecule has 0 bridgehead atoms. The lowest BCUT2D eigenvalue weighted by Gasteiger charge is -2.35. The molecule has 1 aromatic carbocycles. The number of ether oxygens (including phenoxy) is 1. The van der Waals surface area contributed by atoms with Gasteiger partial charge in [0.15, 0.2) is 0 Å². The summed E-state index contributed by atoms with van der Waals surface area (Å²) in [6.07, 6.45) is 3.52. The summed E-state index contributed by atoms with van der Waals surface area (Å²) in [6, 6.07) is 11.7. The van der Waals surface area contributed by atoms with Crippen molar-refractivity contribution in [2.24, 2.45) is 0 Å². The highest BCUT2D eigenvalue weighted by atomic mass is 32.2. The van der Waals surface area contributed by atoms with Crippen molar-refractivity contribution in [3.8, 4) is 22.5 Å². The molecule has 0 amide bonds. The van der Waals surface area contributed by atoms with Gasteiger partial charge < -0.3 is 14.2 Å². The maximum atomic E-state index is 11.6.